The number of amides is 1. The lowest BCUT2D eigenvalue weighted by molar-refractivity contribution is -0.132. The van der Waals surface area contributed by atoms with Gasteiger partial charge in [-0.25, -0.2) is 4.98 Å². The van der Waals surface area contributed by atoms with Gasteiger partial charge in [0.25, 0.3) is 0 Å². The van der Waals surface area contributed by atoms with E-state index in [9.17, 15) is 4.79 Å². The number of carbonyl (C=O) groups is 1. The molecule has 0 N–H and O–H groups in total. The van der Waals surface area contributed by atoms with Crippen molar-refractivity contribution in [3.63, 3.8) is 0 Å². The van der Waals surface area contributed by atoms with Crippen LogP contribution < -0.4 is 0 Å². The van der Waals surface area contributed by atoms with E-state index in [0.717, 1.165) is 18.8 Å². The van der Waals surface area contributed by atoms with Gasteiger partial charge in [0.05, 0.1) is 18.6 Å². The summed E-state index contributed by atoms with van der Waals surface area (Å²) in [5, 5.41) is 0. The van der Waals surface area contributed by atoms with Gasteiger partial charge in [0.1, 0.15) is 0 Å². The maximum Gasteiger partial charge on any atom is 0.223 e. The first kappa shape index (κ1) is 16.6. The van der Waals surface area contributed by atoms with Gasteiger partial charge in [-0.05, 0) is 18.1 Å². The molecule has 0 radical (unpaired) electrons. The van der Waals surface area contributed by atoms with E-state index in [1.54, 1.807) is 0 Å². The molecule has 1 atom stereocenters. The normalized spacial score (nSPS) is 14.7. The molecule has 0 fully saturated rings. The van der Waals surface area contributed by atoms with Crippen molar-refractivity contribution >= 4 is 5.91 Å². The number of rotatable bonds is 4. The second-order valence-electron chi connectivity index (χ2n) is 6.97. The SMILES string of the molecule is Cc1ccc(C(CC(=O)N2CCn3cncc3C2)c2ccccc2)cc1. The molecule has 2 aromatic carbocycles. The largest absolute Gasteiger partial charge is 0.335 e. The summed E-state index contributed by atoms with van der Waals surface area (Å²) in [6, 6.07) is 18.9. The summed E-state index contributed by atoms with van der Waals surface area (Å²) in [7, 11) is 0. The number of aryl methyl sites for hydroxylation is 1. The molecule has 26 heavy (non-hydrogen) atoms. The summed E-state index contributed by atoms with van der Waals surface area (Å²) in [5.74, 6) is 0.281. The number of hydrogen-bond donors (Lipinski definition) is 0. The highest BCUT2D eigenvalue weighted by molar-refractivity contribution is 5.78. The molecule has 4 heteroatoms. The minimum absolute atomic E-state index is 0.0798. The summed E-state index contributed by atoms with van der Waals surface area (Å²) in [6.07, 6.45) is 4.19. The molecular formula is C22H23N3O. The van der Waals surface area contributed by atoms with Gasteiger partial charge in [-0.2, -0.15) is 0 Å². The Hall–Kier alpha value is -2.88. The number of fused-ring (bicyclic) bond motifs is 1. The minimum Gasteiger partial charge on any atom is -0.335 e. The van der Waals surface area contributed by atoms with Crippen LogP contribution in [-0.4, -0.2) is 26.9 Å². The lowest BCUT2D eigenvalue weighted by Crippen LogP contribution is -2.38. The molecule has 0 bridgehead atoms. The van der Waals surface area contributed by atoms with Crippen LogP contribution in [0.3, 0.4) is 0 Å². The molecule has 2 heterocycles. The Bertz CT molecular complexity index is 883. The van der Waals surface area contributed by atoms with E-state index in [1.165, 1.54) is 16.7 Å². The van der Waals surface area contributed by atoms with Crippen molar-refractivity contribution in [3.05, 3.63) is 89.5 Å². The van der Waals surface area contributed by atoms with Crippen LogP contribution in [0.15, 0.2) is 67.1 Å². The summed E-state index contributed by atoms with van der Waals surface area (Å²) in [4.78, 5) is 19.2. The first-order chi connectivity index (χ1) is 12.7. The summed E-state index contributed by atoms with van der Waals surface area (Å²) in [6.45, 7) is 4.30. The Balaban J connectivity index is 1.57. The standard InChI is InChI=1S/C22H23N3O/c1-17-7-9-19(10-8-17)21(18-5-3-2-4-6-18)13-22(26)24-11-12-25-16-23-14-20(25)15-24/h2-10,14,16,21H,11-13,15H2,1H3. The Morgan fingerprint density at radius 2 is 1.77 bits per heavy atom. The average Bonchev–Trinajstić information content (AvgIpc) is 3.15. The van der Waals surface area contributed by atoms with Crippen molar-refractivity contribution in [2.75, 3.05) is 6.54 Å². The van der Waals surface area contributed by atoms with Crippen LogP contribution in [0.1, 0.15) is 34.7 Å². The zero-order chi connectivity index (χ0) is 17.9. The van der Waals surface area contributed by atoms with Gasteiger partial charge in [-0.1, -0.05) is 60.2 Å². The number of carbonyl (C=O) groups excluding carboxylic acids is 1. The van der Waals surface area contributed by atoms with Crippen molar-refractivity contribution in [1.29, 1.82) is 0 Å². The van der Waals surface area contributed by atoms with Crippen molar-refractivity contribution in [1.82, 2.24) is 14.5 Å². The highest BCUT2D eigenvalue weighted by atomic mass is 16.2. The van der Waals surface area contributed by atoms with Gasteiger partial charge in [0.2, 0.25) is 5.91 Å². The predicted octanol–water partition coefficient (Wildman–Crippen LogP) is 3.76. The van der Waals surface area contributed by atoms with Crippen LogP contribution >= 0.6 is 0 Å². The van der Waals surface area contributed by atoms with E-state index in [2.05, 4.69) is 52.9 Å². The molecule has 0 saturated carbocycles. The molecular weight excluding hydrogens is 322 g/mol. The first-order valence-corrected chi connectivity index (χ1v) is 9.09. The van der Waals surface area contributed by atoms with Crippen molar-refractivity contribution in [2.24, 2.45) is 0 Å². The fourth-order valence-electron chi connectivity index (χ4n) is 3.61. The third kappa shape index (κ3) is 3.40. The molecule has 3 aromatic rings. The van der Waals surface area contributed by atoms with Gasteiger partial charge in [-0.3, -0.25) is 4.79 Å². The van der Waals surface area contributed by atoms with Gasteiger partial charge in [-0.15, -0.1) is 0 Å². The molecule has 132 valence electrons. The van der Waals surface area contributed by atoms with Gasteiger partial charge < -0.3 is 9.47 Å². The molecule has 4 nitrogen and oxygen atoms in total. The summed E-state index contributed by atoms with van der Waals surface area (Å²) < 4.78 is 2.12. The highest BCUT2D eigenvalue weighted by Gasteiger charge is 2.25. The summed E-state index contributed by atoms with van der Waals surface area (Å²) in [5.41, 5.74) is 4.72. The van der Waals surface area contributed by atoms with Crippen LogP contribution in [0.2, 0.25) is 0 Å². The van der Waals surface area contributed by atoms with E-state index in [-0.39, 0.29) is 11.8 Å². The van der Waals surface area contributed by atoms with Gasteiger partial charge in [0.15, 0.2) is 0 Å². The number of imidazole rings is 1. The zero-order valence-corrected chi connectivity index (χ0v) is 15.0. The predicted molar refractivity (Wildman–Crippen MR) is 102 cm³/mol. The Kier molecular flexibility index (Phi) is 4.57. The van der Waals surface area contributed by atoms with Crippen molar-refractivity contribution < 1.29 is 4.79 Å². The molecule has 0 spiro atoms. The number of aromatic nitrogens is 2. The molecule has 1 amide bonds. The van der Waals surface area contributed by atoms with E-state index >= 15 is 0 Å². The zero-order valence-electron chi connectivity index (χ0n) is 15.0. The second kappa shape index (κ2) is 7.16. The van der Waals surface area contributed by atoms with Crippen LogP contribution in [0, 0.1) is 6.92 Å². The first-order valence-electron chi connectivity index (χ1n) is 9.09. The Morgan fingerprint density at radius 1 is 1.04 bits per heavy atom. The lowest BCUT2D eigenvalue weighted by Gasteiger charge is -2.30. The minimum atomic E-state index is 0.0798. The topological polar surface area (TPSA) is 38.1 Å². The average molecular weight is 345 g/mol. The van der Waals surface area contributed by atoms with E-state index in [0.29, 0.717) is 13.0 Å². The molecule has 0 saturated heterocycles. The molecule has 1 aliphatic heterocycles. The Labute approximate surface area is 154 Å². The van der Waals surface area contributed by atoms with Crippen molar-refractivity contribution in [3.8, 4) is 0 Å². The van der Waals surface area contributed by atoms with Crippen LogP contribution in [0.5, 0.6) is 0 Å². The molecule has 1 unspecified atom stereocenters. The molecule has 1 aromatic heterocycles. The smallest absolute Gasteiger partial charge is 0.223 e. The quantitative estimate of drug-likeness (QED) is 0.722. The maximum absolute atomic E-state index is 13.1. The number of benzene rings is 2. The molecule has 0 aliphatic carbocycles. The Morgan fingerprint density at radius 3 is 2.54 bits per heavy atom. The summed E-state index contributed by atoms with van der Waals surface area (Å²) >= 11 is 0. The van der Waals surface area contributed by atoms with Crippen LogP contribution in [0.4, 0.5) is 0 Å². The maximum atomic E-state index is 13.1. The van der Waals surface area contributed by atoms with Crippen LogP contribution in [-0.2, 0) is 17.9 Å². The van der Waals surface area contributed by atoms with Crippen molar-refractivity contribution in [2.45, 2.75) is 32.4 Å². The van der Waals surface area contributed by atoms with E-state index in [1.807, 2.05) is 35.6 Å². The third-order valence-corrected chi connectivity index (χ3v) is 5.18. The number of nitrogens with zero attached hydrogens (tertiary/aromatic N) is 3. The number of hydrogen-bond acceptors (Lipinski definition) is 2. The third-order valence-electron chi connectivity index (χ3n) is 5.18. The van der Waals surface area contributed by atoms with E-state index in [4.69, 9.17) is 0 Å². The lowest BCUT2D eigenvalue weighted by atomic mass is 9.87. The fraction of sp³-hybridized carbons (Fsp3) is 0.273. The van der Waals surface area contributed by atoms with Crippen LogP contribution in [0.25, 0.3) is 0 Å². The van der Waals surface area contributed by atoms with Gasteiger partial charge in [0, 0.05) is 31.6 Å². The van der Waals surface area contributed by atoms with E-state index < -0.39 is 0 Å². The molecule has 1 aliphatic rings. The fourth-order valence-corrected chi connectivity index (χ4v) is 3.61. The highest BCUT2D eigenvalue weighted by Crippen LogP contribution is 2.29. The monoisotopic (exact) mass is 345 g/mol. The molecule has 4 rings (SSSR count). The second-order valence-corrected chi connectivity index (χ2v) is 6.97. The van der Waals surface area contributed by atoms with Gasteiger partial charge >= 0.3 is 0 Å².